The van der Waals surface area contributed by atoms with Crippen molar-refractivity contribution in [2.45, 2.75) is 32.4 Å². The van der Waals surface area contributed by atoms with Gasteiger partial charge in [-0.2, -0.15) is 0 Å². The third kappa shape index (κ3) is 3.89. The van der Waals surface area contributed by atoms with Crippen LogP contribution in [-0.2, 0) is 11.3 Å². The van der Waals surface area contributed by atoms with Crippen LogP contribution in [0.25, 0.3) is 0 Å². The lowest BCUT2D eigenvalue weighted by Gasteiger charge is -2.25. The first-order valence-corrected chi connectivity index (χ1v) is 8.10. The van der Waals surface area contributed by atoms with Crippen molar-refractivity contribution in [1.82, 2.24) is 14.9 Å². The molecular formula is C18H21N3O3. The lowest BCUT2D eigenvalue weighted by Crippen LogP contribution is -2.37. The number of para-hydroxylation sites is 1. The third-order valence-corrected chi connectivity index (χ3v) is 4.09. The van der Waals surface area contributed by atoms with E-state index < -0.39 is 0 Å². The van der Waals surface area contributed by atoms with Crippen LogP contribution in [0.3, 0.4) is 0 Å². The second kappa shape index (κ2) is 7.40. The molecule has 1 amide bonds. The molecule has 1 aromatic carbocycles. The summed E-state index contributed by atoms with van der Waals surface area (Å²) >= 11 is 0. The van der Waals surface area contributed by atoms with Crippen LogP contribution >= 0.6 is 0 Å². The summed E-state index contributed by atoms with van der Waals surface area (Å²) < 4.78 is 5.66. The molecule has 1 aliphatic heterocycles. The van der Waals surface area contributed by atoms with Gasteiger partial charge in [0.1, 0.15) is 11.4 Å². The first kappa shape index (κ1) is 16.4. The topological polar surface area (TPSA) is 75.6 Å². The van der Waals surface area contributed by atoms with E-state index >= 15 is 0 Å². The number of aryl methyl sites for hydroxylation is 1. The maximum absolute atomic E-state index is 12.8. The largest absolute Gasteiger partial charge is 0.508 e. The zero-order valence-electron chi connectivity index (χ0n) is 13.7. The number of phenolic OH excluding ortho intramolecular Hbond substituents is 1. The Kier molecular flexibility index (Phi) is 5.05. The molecule has 1 saturated heterocycles. The molecule has 1 fully saturated rings. The summed E-state index contributed by atoms with van der Waals surface area (Å²) in [6.45, 7) is 3.34. The average molecular weight is 327 g/mol. The number of nitrogens with zero attached hydrogens (tertiary/aromatic N) is 3. The monoisotopic (exact) mass is 327 g/mol. The Balaban J connectivity index is 1.81. The second-order valence-corrected chi connectivity index (χ2v) is 5.99. The lowest BCUT2D eigenvalue weighted by atomic mass is 10.1. The van der Waals surface area contributed by atoms with Crippen molar-refractivity contribution in [3.8, 4) is 5.75 Å². The normalized spacial score (nSPS) is 17.0. The van der Waals surface area contributed by atoms with Gasteiger partial charge in [-0.3, -0.25) is 9.78 Å². The molecule has 6 nitrogen and oxygen atoms in total. The van der Waals surface area contributed by atoms with Crippen molar-refractivity contribution in [3.63, 3.8) is 0 Å². The first-order chi connectivity index (χ1) is 11.6. The Morgan fingerprint density at radius 2 is 2.17 bits per heavy atom. The van der Waals surface area contributed by atoms with Crippen LogP contribution in [0.5, 0.6) is 5.75 Å². The molecule has 0 spiro atoms. The summed E-state index contributed by atoms with van der Waals surface area (Å²) in [6.07, 6.45) is 5.04. The molecule has 0 saturated carbocycles. The molecule has 0 aliphatic carbocycles. The fourth-order valence-electron chi connectivity index (χ4n) is 2.77. The van der Waals surface area contributed by atoms with Crippen LogP contribution in [0.15, 0.2) is 36.7 Å². The molecule has 1 N–H and O–H groups in total. The molecule has 6 heteroatoms. The van der Waals surface area contributed by atoms with Gasteiger partial charge in [-0.1, -0.05) is 18.2 Å². The quantitative estimate of drug-likeness (QED) is 0.912. The van der Waals surface area contributed by atoms with Gasteiger partial charge in [0.05, 0.1) is 18.0 Å². The number of phenols is 1. The van der Waals surface area contributed by atoms with Crippen LogP contribution in [0, 0.1) is 6.92 Å². The van der Waals surface area contributed by atoms with E-state index in [2.05, 4.69) is 9.97 Å². The highest BCUT2D eigenvalue weighted by molar-refractivity contribution is 5.92. The van der Waals surface area contributed by atoms with Gasteiger partial charge in [0, 0.05) is 31.5 Å². The van der Waals surface area contributed by atoms with Crippen LogP contribution in [0.2, 0.25) is 0 Å². The SMILES string of the molecule is Cc1cnc(C(=O)N(Cc2ccccc2O)CC2CCCO2)cn1. The number of ether oxygens (including phenoxy) is 1. The highest BCUT2D eigenvalue weighted by Crippen LogP contribution is 2.21. The number of hydrogen-bond donors (Lipinski definition) is 1. The van der Waals surface area contributed by atoms with E-state index in [1.165, 1.54) is 6.20 Å². The number of amides is 1. The molecule has 0 radical (unpaired) electrons. The third-order valence-electron chi connectivity index (χ3n) is 4.09. The van der Waals surface area contributed by atoms with Gasteiger partial charge in [-0.05, 0) is 25.8 Å². The molecule has 0 bridgehead atoms. The summed E-state index contributed by atoms with van der Waals surface area (Å²) in [5.41, 5.74) is 1.76. The summed E-state index contributed by atoms with van der Waals surface area (Å²) in [6, 6.07) is 7.04. The fraction of sp³-hybridized carbons (Fsp3) is 0.389. The van der Waals surface area contributed by atoms with Crippen molar-refractivity contribution in [1.29, 1.82) is 0 Å². The van der Waals surface area contributed by atoms with E-state index in [0.29, 0.717) is 24.3 Å². The van der Waals surface area contributed by atoms with E-state index in [1.54, 1.807) is 23.2 Å². The summed E-state index contributed by atoms with van der Waals surface area (Å²) in [4.78, 5) is 22.8. The minimum Gasteiger partial charge on any atom is -0.508 e. The van der Waals surface area contributed by atoms with Crippen LogP contribution in [-0.4, -0.2) is 45.1 Å². The van der Waals surface area contributed by atoms with E-state index in [0.717, 1.165) is 25.1 Å². The van der Waals surface area contributed by atoms with Gasteiger partial charge < -0.3 is 14.7 Å². The molecule has 1 atom stereocenters. The number of aromatic nitrogens is 2. The van der Waals surface area contributed by atoms with Crippen molar-refractivity contribution < 1.29 is 14.6 Å². The van der Waals surface area contributed by atoms with Gasteiger partial charge in [0.25, 0.3) is 5.91 Å². The number of carbonyl (C=O) groups excluding carboxylic acids is 1. The van der Waals surface area contributed by atoms with Crippen molar-refractivity contribution in [2.24, 2.45) is 0 Å². The highest BCUT2D eigenvalue weighted by Gasteiger charge is 2.25. The summed E-state index contributed by atoms with van der Waals surface area (Å²) in [5.74, 6) is -0.0288. The van der Waals surface area contributed by atoms with Crippen LogP contribution in [0.1, 0.15) is 34.6 Å². The first-order valence-electron chi connectivity index (χ1n) is 8.10. The van der Waals surface area contributed by atoms with Crippen molar-refractivity contribution >= 4 is 5.91 Å². The van der Waals surface area contributed by atoms with Crippen LogP contribution < -0.4 is 0 Å². The highest BCUT2D eigenvalue weighted by atomic mass is 16.5. The van der Waals surface area contributed by atoms with Crippen LogP contribution in [0.4, 0.5) is 0 Å². The van der Waals surface area contributed by atoms with E-state index in [-0.39, 0.29) is 17.8 Å². The number of benzene rings is 1. The number of hydrogen-bond acceptors (Lipinski definition) is 5. The summed E-state index contributed by atoms with van der Waals surface area (Å²) in [7, 11) is 0. The van der Waals surface area contributed by atoms with Crippen molar-refractivity contribution in [3.05, 3.63) is 53.6 Å². The maximum Gasteiger partial charge on any atom is 0.274 e. The zero-order chi connectivity index (χ0) is 16.9. The van der Waals surface area contributed by atoms with Gasteiger partial charge in [-0.25, -0.2) is 4.98 Å². The number of rotatable bonds is 5. The predicted octanol–water partition coefficient (Wildman–Crippen LogP) is 2.31. The predicted molar refractivity (Wildman–Crippen MR) is 88.6 cm³/mol. The smallest absolute Gasteiger partial charge is 0.274 e. The van der Waals surface area contributed by atoms with E-state index in [1.807, 2.05) is 19.1 Å². The molecule has 2 heterocycles. The standard InChI is InChI=1S/C18H21N3O3/c1-13-9-20-16(10-19-13)18(23)21(12-15-6-4-8-24-15)11-14-5-2-3-7-17(14)22/h2-3,5,7,9-10,15,22H,4,6,8,11-12H2,1H3. The molecule has 126 valence electrons. The molecule has 1 aromatic heterocycles. The fourth-order valence-corrected chi connectivity index (χ4v) is 2.77. The molecule has 24 heavy (non-hydrogen) atoms. The van der Waals surface area contributed by atoms with E-state index in [4.69, 9.17) is 4.74 Å². The Morgan fingerprint density at radius 3 is 2.83 bits per heavy atom. The lowest BCUT2D eigenvalue weighted by molar-refractivity contribution is 0.0501. The zero-order valence-corrected chi connectivity index (χ0v) is 13.7. The van der Waals surface area contributed by atoms with Gasteiger partial charge in [0.2, 0.25) is 0 Å². The van der Waals surface area contributed by atoms with E-state index in [9.17, 15) is 9.90 Å². The van der Waals surface area contributed by atoms with Gasteiger partial charge in [-0.15, -0.1) is 0 Å². The molecule has 1 aliphatic rings. The Morgan fingerprint density at radius 1 is 1.33 bits per heavy atom. The Bertz CT molecular complexity index is 697. The minimum atomic E-state index is -0.207. The second-order valence-electron chi connectivity index (χ2n) is 5.99. The number of carbonyl (C=O) groups is 1. The molecule has 2 aromatic rings. The van der Waals surface area contributed by atoms with Gasteiger partial charge >= 0.3 is 0 Å². The average Bonchev–Trinajstić information content (AvgIpc) is 3.09. The maximum atomic E-state index is 12.8. The Labute approximate surface area is 141 Å². The Hall–Kier alpha value is -2.47. The molecule has 3 rings (SSSR count). The molecule has 1 unspecified atom stereocenters. The number of aromatic hydroxyl groups is 1. The van der Waals surface area contributed by atoms with Crippen molar-refractivity contribution in [2.75, 3.05) is 13.2 Å². The minimum absolute atomic E-state index is 0.0261. The summed E-state index contributed by atoms with van der Waals surface area (Å²) in [5, 5.41) is 10.0. The molecular weight excluding hydrogens is 306 g/mol. The van der Waals surface area contributed by atoms with Gasteiger partial charge in [0.15, 0.2) is 0 Å².